The summed E-state index contributed by atoms with van der Waals surface area (Å²) in [5.74, 6) is -3.39. The zero-order valence-electron chi connectivity index (χ0n) is 23.5. The first-order valence-corrected chi connectivity index (χ1v) is 14.9. The molecule has 0 atom stereocenters. The molecule has 1 aliphatic rings. The average Bonchev–Trinajstić information content (AvgIpc) is 3.03. The van der Waals surface area contributed by atoms with Gasteiger partial charge in [0.1, 0.15) is 45.2 Å². The van der Waals surface area contributed by atoms with Gasteiger partial charge in [0.2, 0.25) is 0 Å². The number of nitrogens with zero attached hydrogens (tertiary/aromatic N) is 4. The molecule has 0 radical (unpaired) electrons. The molecule has 232 valence electrons. The van der Waals surface area contributed by atoms with Crippen LogP contribution in [0, 0.1) is 23.3 Å². The van der Waals surface area contributed by atoms with Gasteiger partial charge < -0.3 is 20.1 Å². The zero-order valence-corrected chi connectivity index (χ0v) is 24.3. The van der Waals surface area contributed by atoms with E-state index < -0.39 is 49.4 Å². The van der Waals surface area contributed by atoms with Gasteiger partial charge in [-0.05, 0) is 60.2 Å². The molecule has 0 saturated carbocycles. The second-order valence-corrected chi connectivity index (χ2v) is 11.6. The fraction of sp³-hybridized carbons (Fsp3) is 0.167. The second kappa shape index (κ2) is 11.8. The number of fused-ring (bicyclic) bond motifs is 1. The van der Waals surface area contributed by atoms with E-state index in [2.05, 4.69) is 9.97 Å². The Balaban J connectivity index is 1.52. The van der Waals surface area contributed by atoms with Gasteiger partial charge in [-0.1, -0.05) is 0 Å². The number of pyridine rings is 1. The lowest BCUT2D eigenvalue weighted by atomic mass is 10.0. The van der Waals surface area contributed by atoms with Crippen molar-refractivity contribution in [3.05, 3.63) is 84.1 Å². The Labute approximate surface area is 254 Å². The van der Waals surface area contributed by atoms with E-state index >= 15 is 8.78 Å². The lowest BCUT2D eigenvalue weighted by molar-refractivity contribution is 0.122. The van der Waals surface area contributed by atoms with Gasteiger partial charge in [0.15, 0.2) is 11.6 Å². The van der Waals surface area contributed by atoms with Crippen LogP contribution in [0.4, 0.5) is 34.9 Å². The summed E-state index contributed by atoms with van der Waals surface area (Å²) in [5, 5.41) is 0.394. The maximum absolute atomic E-state index is 16.0. The van der Waals surface area contributed by atoms with E-state index in [1.807, 2.05) is 9.62 Å². The molecular formula is C30H24F4N6O4S. The van der Waals surface area contributed by atoms with Crippen LogP contribution in [0.2, 0.25) is 0 Å². The molecule has 15 heteroatoms. The summed E-state index contributed by atoms with van der Waals surface area (Å²) in [6.45, 7) is 1.76. The van der Waals surface area contributed by atoms with E-state index in [1.165, 1.54) is 25.4 Å². The van der Waals surface area contributed by atoms with Crippen LogP contribution >= 0.6 is 0 Å². The number of hydrogen-bond acceptors (Lipinski definition) is 9. The topological polar surface area (TPSA) is 133 Å². The Hall–Kier alpha value is -5.02. The number of sulfonamides is 1. The maximum atomic E-state index is 16.0. The van der Waals surface area contributed by atoms with Crippen molar-refractivity contribution in [2.75, 3.05) is 48.8 Å². The molecule has 1 aliphatic heterocycles. The van der Waals surface area contributed by atoms with Crippen LogP contribution in [0.1, 0.15) is 0 Å². The van der Waals surface area contributed by atoms with Crippen LogP contribution in [0.3, 0.4) is 0 Å². The van der Waals surface area contributed by atoms with Crippen molar-refractivity contribution in [3.8, 4) is 28.3 Å². The van der Waals surface area contributed by atoms with E-state index in [0.29, 0.717) is 72.4 Å². The van der Waals surface area contributed by atoms with E-state index in [1.54, 1.807) is 12.1 Å². The predicted octanol–water partition coefficient (Wildman–Crippen LogP) is 5.14. The number of hydrogen-bond donors (Lipinski definition) is 2. The van der Waals surface area contributed by atoms with E-state index in [4.69, 9.17) is 20.2 Å². The van der Waals surface area contributed by atoms with Crippen molar-refractivity contribution in [2.24, 2.45) is 0 Å². The zero-order chi connectivity index (χ0) is 31.9. The lowest BCUT2D eigenvalue weighted by Crippen LogP contribution is -2.37. The molecule has 0 aliphatic carbocycles. The minimum Gasteiger partial charge on any atom is -0.494 e. The van der Waals surface area contributed by atoms with Crippen molar-refractivity contribution in [1.29, 1.82) is 0 Å². The highest BCUT2D eigenvalue weighted by atomic mass is 32.2. The van der Waals surface area contributed by atoms with Crippen LogP contribution in [-0.2, 0) is 14.8 Å². The molecule has 0 unspecified atom stereocenters. The van der Waals surface area contributed by atoms with Crippen LogP contribution in [0.5, 0.6) is 5.75 Å². The van der Waals surface area contributed by atoms with Crippen LogP contribution in [-0.4, -0.2) is 56.8 Å². The third-order valence-corrected chi connectivity index (χ3v) is 8.51. The smallest absolute Gasteiger partial charge is 0.265 e. The number of nitrogens with one attached hydrogen (secondary N) is 1. The summed E-state index contributed by atoms with van der Waals surface area (Å²) in [4.78, 5) is 14.5. The number of rotatable bonds is 7. The summed E-state index contributed by atoms with van der Waals surface area (Å²) < 4.78 is 98.1. The number of methoxy groups -OCH3 is 1. The van der Waals surface area contributed by atoms with Crippen molar-refractivity contribution < 1.29 is 35.5 Å². The van der Waals surface area contributed by atoms with Crippen molar-refractivity contribution in [3.63, 3.8) is 0 Å². The first-order valence-electron chi connectivity index (χ1n) is 13.5. The number of anilines is 3. The number of aromatic nitrogens is 3. The highest BCUT2D eigenvalue weighted by molar-refractivity contribution is 7.92. The summed E-state index contributed by atoms with van der Waals surface area (Å²) >= 11 is 0. The summed E-state index contributed by atoms with van der Waals surface area (Å²) in [6, 6.07) is 9.66. The minimum absolute atomic E-state index is 0.0210. The summed E-state index contributed by atoms with van der Waals surface area (Å²) in [7, 11) is -3.44. The number of halogens is 4. The monoisotopic (exact) mass is 640 g/mol. The number of nitrogen functional groups attached to an aromatic ring is 1. The number of morpholine rings is 1. The Morgan fingerprint density at radius 2 is 1.69 bits per heavy atom. The van der Waals surface area contributed by atoms with Gasteiger partial charge in [0.25, 0.3) is 10.0 Å². The number of ether oxygens (including phenoxy) is 2. The molecule has 3 aromatic carbocycles. The highest BCUT2D eigenvalue weighted by Gasteiger charge is 2.26. The highest BCUT2D eigenvalue weighted by Crippen LogP contribution is 2.40. The molecule has 0 bridgehead atoms. The van der Waals surface area contributed by atoms with Crippen molar-refractivity contribution in [1.82, 2.24) is 15.0 Å². The Morgan fingerprint density at radius 1 is 0.933 bits per heavy atom. The molecule has 5 aromatic rings. The molecule has 0 amide bonds. The Morgan fingerprint density at radius 3 is 2.40 bits per heavy atom. The lowest BCUT2D eigenvalue weighted by Gasteiger charge is -2.29. The first-order chi connectivity index (χ1) is 21.6. The van der Waals surface area contributed by atoms with Crippen LogP contribution in [0.15, 0.2) is 65.7 Å². The normalized spacial score (nSPS) is 13.7. The molecule has 45 heavy (non-hydrogen) atoms. The largest absolute Gasteiger partial charge is 0.494 e. The van der Waals surface area contributed by atoms with E-state index in [0.717, 1.165) is 18.2 Å². The fourth-order valence-electron chi connectivity index (χ4n) is 4.95. The molecule has 0 spiro atoms. The van der Waals surface area contributed by atoms with Gasteiger partial charge in [0, 0.05) is 30.2 Å². The van der Waals surface area contributed by atoms with Crippen LogP contribution < -0.4 is 20.1 Å². The summed E-state index contributed by atoms with van der Waals surface area (Å²) in [5.41, 5.74) is 5.34. The molecule has 1 fully saturated rings. The minimum atomic E-state index is -4.81. The van der Waals surface area contributed by atoms with Crippen LogP contribution in [0.25, 0.3) is 33.4 Å². The molecular weight excluding hydrogens is 616 g/mol. The van der Waals surface area contributed by atoms with E-state index in [9.17, 15) is 17.2 Å². The Kier molecular flexibility index (Phi) is 7.88. The van der Waals surface area contributed by atoms with Crippen molar-refractivity contribution >= 4 is 38.2 Å². The number of benzene rings is 3. The predicted molar refractivity (Wildman–Crippen MR) is 159 cm³/mol. The van der Waals surface area contributed by atoms with Gasteiger partial charge >= 0.3 is 0 Å². The fourth-order valence-corrected chi connectivity index (χ4v) is 6.10. The maximum Gasteiger partial charge on any atom is 0.265 e. The first kappa shape index (κ1) is 30.0. The standard InChI is InChI=1S/C30H24F4N6O4S/c1-43-23-13-17(26-21(33)5-6-22(27(26)34)39-45(41,42)24-14-18(31)3-4-20(24)32)12-19-28(23)37-29(16-2-7-25(35)36-15-16)38-30(19)40-8-10-44-11-9-40/h2-7,12-15,39H,8-11H2,1H3,(H2,35,36). The van der Waals surface area contributed by atoms with Crippen molar-refractivity contribution in [2.45, 2.75) is 4.90 Å². The third-order valence-electron chi connectivity index (χ3n) is 7.13. The second-order valence-electron chi connectivity index (χ2n) is 9.98. The molecule has 3 N–H and O–H groups in total. The SMILES string of the molecule is COc1cc(-c2c(F)ccc(NS(=O)(=O)c3cc(F)ccc3F)c2F)cc2c(N3CCOCC3)nc(-c3ccc(N)nc3)nc12. The van der Waals surface area contributed by atoms with Gasteiger partial charge in [-0.2, -0.15) is 0 Å². The molecule has 1 saturated heterocycles. The molecule has 6 rings (SSSR count). The van der Waals surface area contributed by atoms with Gasteiger partial charge in [-0.25, -0.2) is 40.9 Å². The molecule has 10 nitrogen and oxygen atoms in total. The average molecular weight is 641 g/mol. The molecule has 3 heterocycles. The van der Waals surface area contributed by atoms with Gasteiger partial charge in [-0.3, -0.25) is 4.72 Å². The summed E-state index contributed by atoms with van der Waals surface area (Å²) in [6.07, 6.45) is 1.52. The Bertz CT molecular complexity index is 2040. The van der Waals surface area contributed by atoms with E-state index in [-0.39, 0.29) is 11.3 Å². The quantitative estimate of drug-likeness (QED) is 0.232. The van der Waals surface area contributed by atoms with Gasteiger partial charge in [-0.15, -0.1) is 0 Å². The third kappa shape index (κ3) is 5.79. The number of nitrogens with two attached hydrogens (primary N) is 1. The molecule has 2 aromatic heterocycles. The van der Waals surface area contributed by atoms with Gasteiger partial charge in [0.05, 0.1) is 31.6 Å².